The highest BCUT2D eigenvalue weighted by Crippen LogP contribution is 2.24. The van der Waals surface area contributed by atoms with Gasteiger partial charge < -0.3 is 24.4 Å². The van der Waals surface area contributed by atoms with Crippen LogP contribution in [0.2, 0.25) is 0 Å². The minimum atomic E-state index is -0.391. The summed E-state index contributed by atoms with van der Waals surface area (Å²) in [5.74, 6) is -0.385. The molecule has 0 atom stereocenters. The Hall–Kier alpha value is -2.44. The van der Waals surface area contributed by atoms with Crippen molar-refractivity contribution in [2.24, 2.45) is 0 Å². The lowest BCUT2D eigenvalue weighted by Crippen LogP contribution is -2.47. The molecule has 1 amide bonds. The molecule has 2 heterocycles. The minimum absolute atomic E-state index is 0.199. The predicted molar refractivity (Wildman–Crippen MR) is 107 cm³/mol. The fourth-order valence-corrected chi connectivity index (χ4v) is 3.19. The number of nitrogens with one attached hydrogen (secondary N) is 1. The second-order valence-electron chi connectivity index (χ2n) is 5.97. The Labute approximate surface area is 170 Å². The number of halogens is 1. The molecule has 1 saturated heterocycles. The summed E-state index contributed by atoms with van der Waals surface area (Å²) in [4.78, 5) is 14.9. The van der Waals surface area contributed by atoms with Gasteiger partial charge in [0.05, 0.1) is 43.3 Å². The molecular formula is C16H19FN6O3S2. The van der Waals surface area contributed by atoms with E-state index in [1.165, 1.54) is 22.8 Å². The third-order valence-corrected chi connectivity index (χ3v) is 5.02. The van der Waals surface area contributed by atoms with E-state index in [-0.39, 0.29) is 23.0 Å². The Morgan fingerprint density at radius 1 is 1.39 bits per heavy atom. The third-order valence-electron chi connectivity index (χ3n) is 4.29. The summed E-state index contributed by atoms with van der Waals surface area (Å²) in [5, 5.41) is 10.7. The van der Waals surface area contributed by atoms with E-state index in [0.29, 0.717) is 49.8 Å². The van der Waals surface area contributed by atoms with Gasteiger partial charge in [0.2, 0.25) is 0 Å². The first-order chi connectivity index (χ1) is 13.5. The molecule has 3 rings (SSSR count). The van der Waals surface area contributed by atoms with E-state index in [2.05, 4.69) is 15.6 Å². The van der Waals surface area contributed by atoms with E-state index in [1.54, 1.807) is 18.3 Å². The molecule has 28 heavy (non-hydrogen) atoms. The minimum Gasteiger partial charge on any atom is -0.474 e. The SMILES string of the molecule is COC(=S)NCc1cn(-c2ccc(N3CCN(C(=O)SO)CC3)c(F)c2)nn1. The summed E-state index contributed by atoms with van der Waals surface area (Å²) in [6.07, 6.45) is 1.68. The van der Waals surface area contributed by atoms with Crippen LogP contribution < -0.4 is 10.2 Å². The van der Waals surface area contributed by atoms with Crippen LogP contribution >= 0.6 is 24.3 Å². The summed E-state index contributed by atoms with van der Waals surface area (Å²) in [6, 6.07) is 4.83. The van der Waals surface area contributed by atoms with Gasteiger partial charge in [-0.25, -0.2) is 9.07 Å². The number of piperazine rings is 1. The monoisotopic (exact) mass is 426 g/mol. The van der Waals surface area contributed by atoms with Crippen molar-refractivity contribution in [3.05, 3.63) is 35.9 Å². The van der Waals surface area contributed by atoms with E-state index in [1.807, 2.05) is 4.90 Å². The Morgan fingerprint density at radius 3 is 2.79 bits per heavy atom. The summed E-state index contributed by atoms with van der Waals surface area (Å²) in [5.41, 5.74) is 1.63. The molecule has 2 aromatic rings. The first kappa shape index (κ1) is 20.3. The number of nitrogens with zero attached hydrogens (tertiary/aromatic N) is 5. The summed E-state index contributed by atoms with van der Waals surface area (Å²) in [7, 11) is 1.47. The van der Waals surface area contributed by atoms with Crippen molar-refractivity contribution < 1.29 is 18.5 Å². The molecule has 9 nitrogen and oxygen atoms in total. The van der Waals surface area contributed by atoms with E-state index in [9.17, 15) is 9.18 Å². The lowest BCUT2D eigenvalue weighted by Gasteiger charge is -2.35. The first-order valence-corrected chi connectivity index (χ1v) is 9.58. The molecular weight excluding hydrogens is 407 g/mol. The topological polar surface area (TPSA) is 95.8 Å². The molecule has 1 aliphatic heterocycles. The highest BCUT2D eigenvalue weighted by Gasteiger charge is 2.23. The van der Waals surface area contributed by atoms with Gasteiger partial charge in [0.25, 0.3) is 5.17 Å². The number of thiocarbonyl (C=S) groups is 1. The number of carbonyl (C=O) groups excluding carboxylic acids is 1. The van der Waals surface area contributed by atoms with Gasteiger partial charge >= 0.3 is 5.24 Å². The van der Waals surface area contributed by atoms with Gasteiger partial charge in [0, 0.05) is 32.2 Å². The molecule has 0 spiro atoms. The summed E-state index contributed by atoms with van der Waals surface area (Å²) >= 11 is 5.10. The zero-order valence-corrected chi connectivity index (χ0v) is 16.7. The standard InChI is InChI=1S/C16H19FN6O3S2/c1-26-15(27)18-9-11-10-23(20-19-11)12-2-3-14(13(17)8-12)21-4-6-22(7-5-21)16(24)28-25/h2-3,8,10,25H,4-7,9H2,1H3,(H,18,27). The molecule has 1 aliphatic rings. The van der Waals surface area contributed by atoms with E-state index in [4.69, 9.17) is 21.5 Å². The largest absolute Gasteiger partial charge is 0.474 e. The van der Waals surface area contributed by atoms with Crippen molar-refractivity contribution in [2.45, 2.75) is 6.54 Å². The highest BCUT2D eigenvalue weighted by atomic mass is 32.2. The Balaban J connectivity index is 1.65. The lowest BCUT2D eigenvalue weighted by atomic mass is 10.2. The van der Waals surface area contributed by atoms with Crippen LogP contribution in [0.4, 0.5) is 14.9 Å². The van der Waals surface area contributed by atoms with Crippen molar-refractivity contribution in [1.29, 1.82) is 0 Å². The molecule has 0 saturated carbocycles. The summed E-state index contributed by atoms with van der Waals surface area (Å²) < 4.78 is 29.9. The molecule has 12 heteroatoms. The van der Waals surface area contributed by atoms with Crippen LogP contribution in [0.15, 0.2) is 24.4 Å². The number of amides is 1. The number of ether oxygens (including phenoxy) is 1. The number of benzene rings is 1. The van der Waals surface area contributed by atoms with Gasteiger partial charge in [-0.2, -0.15) is 0 Å². The average molecular weight is 426 g/mol. The predicted octanol–water partition coefficient (Wildman–Crippen LogP) is 1.88. The molecule has 0 aliphatic carbocycles. The highest BCUT2D eigenvalue weighted by molar-refractivity contribution is 8.08. The average Bonchev–Trinajstić information content (AvgIpc) is 3.20. The van der Waals surface area contributed by atoms with Crippen molar-refractivity contribution in [3.8, 4) is 5.69 Å². The van der Waals surface area contributed by atoms with Gasteiger partial charge in [-0.05, 0) is 24.4 Å². The van der Waals surface area contributed by atoms with Crippen LogP contribution in [0.25, 0.3) is 5.69 Å². The normalized spacial score (nSPS) is 14.1. The molecule has 1 aromatic carbocycles. The van der Waals surface area contributed by atoms with E-state index >= 15 is 0 Å². The van der Waals surface area contributed by atoms with E-state index in [0.717, 1.165) is 0 Å². The molecule has 1 fully saturated rings. The number of anilines is 1. The molecule has 0 bridgehead atoms. The van der Waals surface area contributed by atoms with Gasteiger partial charge in [-0.15, -0.1) is 5.10 Å². The van der Waals surface area contributed by atoms with Gasteiger partial charge in [0.15, 0.2) is 0 Å². The van der Waals surface area contributed by atoms with Crippen LogP contribution in [0.5, 0.6) is 0 Å². The second kappa shape index (κ2) is 9.17. The number of aromatic nitrogens is 3. The summed E-state index contributed by atoms with van der Waals surface area (Å²) in [6.45, 7) is 2.18. The fraction of sp³-hybridized carbons (Fsp3) is 0.375. The molecule has 0 radical (unpaired) electrons. The third kappa shape index (κ3) is 4.69. The molecule has 2 N–H and O–H groups in total. The number of hydrogen-bond acceptors (Lipinski definition) is 8. The maximum absolute atomic E-state index is 14.7. The quantitative estimate of drug-likeness (QED) is 0.561. The lowest BCUT2D eigenvalue weighted by molar-refractivity contribution is 0.218. The van der Waals surface area contributed by atoms with Crippen molar-refractivity contribution in [3.63, 3.8) is 0 Å². The molecule has 150 valence electrons. The van der Waals surface area contributed by atoms with Crippen molar-refractivity contribution in [2.75, 3.05) is 38.2 Å². The number of rotatable bonds is 4. The van der Waals surface area contributed by atoms with Crippen LogP contribution in [0.1, 0.15) is 5.69 Å². The number of methoxy groups -OCH3 is 1. The Kier molecular flexibility index (Phi) is 6.65. The fourth-order valence-electron chi connectivity index (χ4n) is 2.82. The van der Waals surface area contributed by atoms with Crippen LogP contribution in [0.3, 0.4) is 0 Å². The Morgan fingerprint density at radius 2 is 2.14 bits per heavy atom. The van der Waals surface area contributed by atoms with Crippen LogP contribution in [0, 0.1) is 5.82 Å². The second-order valence-corrected chi connectivity index (χ2v) is 6.87. The molecule has 1 aromatic heterocycles. The van der Waals surface area contributed by atoms with Crippen LogP contribution in [-0.4, -0.2) is 68.1 Å². The van der Waals surface area contributed by atoms with Crippen LogP contribution in [-0.2, 0) is 11.3 Å². The van der Waals surface area contributed by atoms with Crippen molar-refractivity contribution in [1.82, 2.24) is 25.2 Å². The van der Waals surface area contributed by atoms with E-state index < -0.39 is 5.24 Å². The van der Waals surface area contributed by atoms with Gasteiger partial charge in [-0.1, -0.05) is 5.21 Å². The smallest absolute Gasteiger partial charge is 0.308 e. The number of carbonyl (C=O) groups is 1. The zero-order chi connectivity index (χ0) is 20.1. The number of hydrogen-bond donors (Lipinski definition) is 2. The Bertz CT molecular complexity index is 857. The zero-order valence-electron chi connectivity index (χ0n) is 15.0. The maximum atomic E-state index is 14.7. The van der Waals surface area contributed by atoms with Gasteiger partial charge in [0.1, 0.15) is 11.5 Å². The van der Waals surface area contributed by atoms with Gasteiger partial charge in [-0.3, -0.25) is 4.79 Å². The maximum Gasteiger partial charge on any atom is 0.308 e. The van der Waals surface area contributed by atoms with Crippen molar-refractivity contribution >= 4 is 40.4 Å². The molecule has 0 unspecified atom stereocenters. The first-order valence-electron chi connectivity index (χ1n) is 8.40.